The molecule has 2 aromatic rings. The Bertz CT molecular complexity index is 758. The van der Waals surface area contributed by atoms with Gasteiger partial charge in [-0.2, -0.15) is 0 Å². The van der Waals surface area contributed by atoms with E-state index in [2.05, 4.69) is 29.7 Å². The van der Waals surface area contributed by atoms with Crippen LogP contribution in [-0.4, -0.2) is 40.8 Å². The molecular formula is C20H25N3O4. The molecule has 2 rings (SSSR count). The van der Waals surface area contributed by atoms with Crippen LogP contribution in [0.25, 0.3) is 11.1 Å². The molecule has 0 aliphatic rings. The zero-order chi connectivity index (χ0) is 19.8. The lowest BCUT2D eigenvalue weighted by Crippen LogP contribution is -2.51. The second kappa shape index (κ2) is 9.82. The van der Waals surface area contributed by atoms with Crippen LogP contribution in [0, 0.1) is 0 Å². The Hall–Kier alpha value is -2.74. The highest BCUT2D eigenvalue weighted by molar-refractivity contribution is 5.97. The van der Waals surface area contributed by atoms with E-state index in [1.807, 2.05) is 24.3 Å². The number of aliphatic hydroxyl groups excluding tert-OH is 1. The summed E-state index contributed by atoms with van der Waals surface area (Å²) in [6.07, 6.45) is -1.15. The molecule has 2 atom stereocenters. The first-order valence-electron chi connectivity index (χ1n) is 8.79. The van der Waals surface area contributed by atoms with Gasteiger partial charge in [-0.1, -0.05) is 43.3 Å². The Morgan fingerprint density at radius 1 is 1.00 bits per heavy atom. The molecule has 0 radical (unpaired) electrons. The van der Waals surface area contributed by atoms with Gasteiger partial charge in [0.1, 0.15) is 6.04 Å². The van der Waals surface area contributed by atoms with Crippen molar-refractivity contribution in [3.8, 4) is 11.1 Å². The maximum absolute atomic E-state index is 12.3. The van der Waals surface area contributed by atoms with Gasteiger partial charge in [0.25, 0.3) is 11.8 Å². The summed E-state index contributed by atoms with van der Waals surface area (Å²) in [5.41, 5.74) is 4.97. The van der Waals surface area contributed by atoms with Crippen molar-refractivity contribution in [3.63, 3.8) is 0 Å². The van der Waals surface area contributed by atoms with Gasteiger partial charge in [-0.25, -0.2) is 5.48 Å². The molecule has 0 saturated carbocycles. The highest BCUT2D eigenvalue weighted by Crippen LogP contribution is 2.20. The Balaban J connectivity index is 2.07. The normalized spacial score (nSPS) is 12.9. The van der Waals surface area contributed by atoms with Crippen LogP contribution in [0.4, 0.5) is 0 Å². The molecule has 0 saturated heterocycles. The van der Waals surface area contributed by atoms with Crippen LogP contribution >= 0.6 is 0 Å². The number of carbonyl (C=O) groups is 2. The van der Waals surface area contributed by atoms with Gasteiger partial charge >= 0.3 is 0 Å². The average Bonchev–Trinajstić information content (AvgIpc) is 2.70. The summed E-state index contributed by atoms with van der Waals surface area (Å²) in [7, 11) is 0. The molecule has 0 unspecified atom stereocenters. The Morgan fingerprint density at radius 2 is 1.56 bits per heavy atom. The van der Waals surface area contributed by atoms with Crippen molar-refractivity contribution in [3.05, 3.63) is 59.7 Å². The van der Waals surface area contributed by atoms with E-state index in [1.165, 1.54) is 18.0 Å². The molecular weight excluding hydrogens is 346 g/mol. The lowest BCUT2D eigenvalue weighted by Gasteiger charge is -2.19. The molecule has 0 heterocycles. The molecule has 2 aromatic carbocycles. The molecule has 0 spiro atoms. The van der Waals surface area contributed by atoms with Crippen molar-refractivity contribution < 1.29 is 19.9 Å². The van der Waals surface area contributed by atoms with Gasteiger partial charge in [-0.15, -0.1) is 0 Å². The quantitative estimate of drug-likeness (QED) is 0.356. The number of aliphatic hydroxyl groups is 1. The number of nitrogens with one attached hydrogen (secondary N) is 3. The number of hydrogen-bond donors (Lipinski definition) is 5. The Morgan fingerprint density at radius 3 is 2.04 bits per heavy atom. The van der Waals surface area contributed by atoms with Gasteiger partial charge in [0, 0.05) is 12.1 Å². The van der Waals surface area contributed by atoms with Crippen LogP contribution < -0.4 is 16.1 Å². The molecule has 0 bridgehead atoms. The SMILES string of the molecule is CCNCc1ccc(-c2ccc(C(=O)N[C@H](C(=O)NO)[C@@H](C)O)cc2)cc1. The summed E-state index contributed by atoms with van der Waals surface area (Å²) in [6, 6.07) is 13.8. The molecule has 0 aliphatic heterocycles. The van der Waals surface area contributed by atoms with Gasteiger partial charge in [-0.05, 0) is 42.3 Å². The predicted octanol–water partition coefficient (Wildman–Crippen LogP) is 1.45. The Labute approximate surface area is 158 Å². The summed E-state index contributed by atoms with van der Waals surface area (Å²) in [5.74, 6) is -1.40. The smallest absolute Gasteiger partial charge is 0.268 e. The fraction of sp³-hybridized carbons (Fsp3) is 0.300. The van der Waals surface area contributed by atoms with Crippen LogP contribution in [0.3, 0.4) is 0 Å². The molecule has 27 heavy (non-hydrogen) atoms. The fourth-order valence-electron chi connectivity index (χ4n) is 2.60. The first-order chi connectivity index (χ1) is 13.0. The predicted molar refractivity (Wildman–Crippen MR) is 102 cm³/mol. The highest BCUT2D eigenvalue weighted by Gasteiger charge is 2.25. The van der Waals surface area contributed by atoms with E-state index in [0.717, 1.165) is 24.2 Å². The average molecular weight is 371 g/mol. The van der Waals surface area contributed by atoms with E-state index < -0.39 is 24.0 Å². The molecule has 0 fully saturated rings. The molecule has 2 amide bonds. The first-order valence-corrected chi connectivity index (χ1v) is 8.79. The van der Waals surface area contributed by atoms with Crippen molar-refractivity contribution in [1.82, 2.24) is 16.1 Å². The van der Waals surface area contributed by atoms with Crippen molar-refractivity contribution in [2.75, 3.05) is 6.54 Å². The van der Waals surface area contributed by atoms with Gasteiger partial charge in [-0.3, -0.25) is 14.8 Å². The van der Waals surface area contributed by atoms with Gasteiger partial charge in [0.15, 0.2) is 0 Å². The van der Waals surface area contributed by atoms with Crippen molar-refractivity contribution in [2.24, 2.45) is 0 Å². The Kier molecular flexibility index (Phi) is 7.48. The van der Waals surface area contributed by atoms with Crippen molar-refractivity contribution in [1.29, 1.82) is 0 Å². The monoisotopic (exact) mass is 371 g/mol. The summed E-state index contributed by atoms with van der Waals surface area (Å²) in [4.78, 5) is 23.8. The number of hydroxylamine groups is 1. The van der Waals surface area contributed by atoms with Crippen LogP contribution in [0.2, 0.25) is 0 Å². The highest BCUT2D eigenvalue weighted by atomic mass is 16.5. The third-order valence-electron chi connectivity index (χ3n) is 4.18. The topological polar surface area (TPSA) is 111 Å². The summed E-state index contributed by atoms with van der Waals surface area (Å²) in [6.45, 7) is 5.15. The van der Waals surface area contributed by atoms with E-state index in [0.29, 0.717) is 5.56 Å². The standard InChI is InChI=1S/C20H25N3O4/c1-3-21-12-14-4-6-15(7-5-14)16-8-10-17(11-9-16)19(25)22-18(13(2)24)20(26)23-27/h4-11,13,18,21,24,27H,3,12H2,1-2H3,(H,22,25)(H,23,26)/t13-,18+/m1/s1. The van der Waals surface area contributed by atoms with E-state index in [1.54, 1.807) is 12.1 Å². The van der Waals surface area contributed by atoms with Gasteiger partial charge in [0.2, 0.25) is 0 Å². The van der Waals surface area contributed by atoms with E-state index >= 15 is 0 Å². The lowest BCUT2D eigenvalue weighted by molar-refractivity contribution is -0.133. The van der Waals surface area contributed by atoms with Crippen LogP contribution in [0.1, 0.15) is 29.8 Å². The molecule has 7 heteroatoms. The maximum atomic E-state index is 12.3. The zero-order valence-corrected chi connectivity index (χ0v) is 15.4. The molecule has 0 aromatic heterocycles. The van der Waals surface area contributed by atoms with E-state index in [9.17, 15) is 14.7 Å². The number of carbonyl (C=O) groups excluding carboxylic acids is 2. The second-order valence-electron chi connectivity index (χ2n) is 6.22. The first kappa shape index (κ1) is 20.6. The van der Waals surface area contributed by atoms with Crippen LogP contribution in [0.15, 0.2) is 48.5 Å². The minimum Gasteiger partial charge on any atom is -0.391 e. The van der Waals surface area contributed by atoms with Crippen LogP contribution in [-0.2, 0) is 11.3 Å². The van der Waals surface area contributed by atoms with Gasteiger partial charge in [0.05, 0.1) is 6.10 Å². The molecule has 5 N–H and O–H groups in total. The van der Waals surface area contributed by atoms with E-state index in [-0.39, 0.29) is 0 Å². The largest absolute Gasteiger partial charge is 0.391 e. The molecule has 7 nitrogen and oxygen atoms in total. The third kappa shape index (κ3) is 5.62. The van der Waals surface area contributed by atoms with Crippen molar-refractivity contribution in [2.45, 2.75) is 32.5 Å². The third-order valence-corrected chi connectivity index (χ3v) is 4.18. The van der Waals surface area contributed by atoms with Gasteiger partial charge < -0.3 is 15.7 Å². The number of benzene rings is 2. The summed E-state index contributed by atoms with van der Waals surface area (Å²) >= 11 is 0. The second-order valence-corrected chi connectivity index (χ2v) is 6.22. The number of amides is 2. The zero-order valence-electron chi connectivity index (χ0n) is 15.4. The van der Waals surface area contributed by atoms with Crippen LogP contribution in [0.5, 0.6) is 0 Å². The fourth-order valence-corrected chi connectivity index (χ4v) is 2.60. The minimum atomic E-state index is -1.24. The molecule has 0 aliphatic carbocycles. The molecule has 144 valence electrons. The summed E-state index contributed by atoms with van der Waals surface area (Å²) in [5, 5.41) is 24.0. The number of hydrogen-bond acceptors (Lipinski definition) is 5. The van der Waals surface area contributed by atoms with E-state index in [4.69, 9.17) is 5.21 Å². The minimum absolute atomic E-state index is 0.346. The summed E-state index contributed by atoms with van der Waals surface area (Å²) < 4.78 is 0. The maximum Gasteiger partial charge on any atom is 0.268 e. The van der Waals surface area contributed by atoms with Crippen molar-refractivity contribution >= 4 is 11.8 Å². The lowest BCUT2D eigenvalue weighted by atomic mass is 10.0. The number of rotatable bonds is 8.